The molecule has 0 aromatic heterocycles. The SMILES string of the molecule is C=C(OC)C(=O)OCC/[P+]([O-])=C(\O)C[N+](C)(C)C. The van der Waals surface area contributed by atoms with Gasteiger partial charge < -0.3 is 24.0 Å². The zero-order valence-corrected chi connectivity index (χ0v) is 12.2. The van der Waals surface area contributed by atoms with Gasteiger partial charge in [0.05, 0.1) is 36.0 Å². The molecule has 18 heavy (non-hydrogen) atoms. The van der Waals surface area contributed by atoms with Crippen LogP contribution >= 0.6 is 7.77 Å². The van der Waals surface area contributed by atoms with E-state index in [1.165, 1.54) is 7.11 Å². The lowest BCUT2D eigenvalue weighted by Crippen LogP contribution is -2.39. The molecular weight excluding hydrogens is 257 g/mol. The molecule has 1 unspecified atom stereocenters. The van der Waals surface area contributed by atoms with E-state index in [1.807, 2.05) is 21.1 Å². The second-order valence-electron chi connectivity index (χ2n) is 4.73. The first kappa shape index (κ1) is 17.1. The highest BCUT2D eigenvalue weighted by molar-refractivity contribution is 7.51. The van der Waals surface area contributed by atoms with Crippen LogP contribution in [0.4, 0.5) is 0 Å². The monoisotopic (exact) mass is 278 g/mol. The number of quaternary nitrogens is 1. The largest absolute Gasteiger partial charge is 0.628 e. The Labute approximate surface area is 108 Å². The van der Waals surface area contributed by atoms with E-state index < -0.39 is 13.7 Å². The fourth-order valence-corrected chi connectivity index (χ4v) is 2.11. The van der Waals surface area contributed by atoms with Gasteiger partial charge >= 0.3 is 5.97 Å². The molecule has 0 aliphatic carbocycles. The molecule has 0 heterocycles. The fraction of sp³-hybridized carbons (Fsp3) is 0.636. The number of aliphatic hydroxyl groups is 1. The molecule has 1 N–H and O–H groups in total. The standard InChI is InChI=1S/C11H20NO5P/c1-9(16-5)11(14)17-6-7-18(15)10(13)8-12(2,3)4/h1,6-8H2,2-5H3/p+1. The zero-order chi connectivity index (χ0) is 14.3. The molecule has 6 nitrogen and oxygen atoms in total. The summed E-state index contributed by atoms with van der Waals surface area (Å²) in [4.78, 5) is 22.8. The van der Waals surface area contributed by atoms with Crippen LogP contribution in [0.25, 0.3) is 0 Å². The molecule has 0 fully saturated rings. The maximum absolute atomic E-state index is 11.6. The van der Waals surface area contributed by atoms with Crippen LogP contribution in [-0.4, -0.2) is 68.6 Å². The number of esters is 1. The minimum Gasteiger partial charge on any atom is -0.628 e. The molecule has 0 saturated carbocycles. The number of rotatable bonds is 7. The molecule has 0 aromatic rings. The van der Waals surface area contributed by atoms with Crippen molar-refractivity contribution < 1.29 is 28.8 Å². The number of hydrogen-bond donors (Lipinski definition) is 1. The maximum Gasteiger partial charge on any atom is 0.373 e. The number of likely N-dealkylation sites (N-methyl/N-ethyl adjacent to an activating group) is 1. The summed E-state index contributed by atoms with van der Waals surface area (Å²) in [5, 5.41) is 9.61. The van der Waals surface area contributed by atoms with Crippen LogP contribution < -0.4 is 4.89 Å². The predicted octanol–water partition coefficient (Wildman–Crippen LogP) is -0.344. The van der Waals surface area contributed by atoms with Crippen LogP contribution in [0.15, 0.2) is 12.3 Å². The van der Waals surface area contributed by atoms with Gasteiger partial charge in [-0.15, -0.1) is 0 Å². The Morgan fingerprint density at radius 3 is 2.44 bits per heavy atom. The first-order chi connectivity index (χ1) is 8.17. The summed E-state index contributed by atoms with van der Waals surface area (Å²) in [6.45, 7) is 3.58. The number of aliphatic hydroxyl groups excluding tert-OH is 1. The van der Waals surface area contributed by atoms with Crippen molar-refractivity contribution in [2.45, 2.75) is 0 Å². The van der Waals surface area contributed by atoms with E-state index >= 15 is 0 Å². The van der Waals surface area contributed by atoms with Crippen molar-refractivity contribution in [2.75, 3.05) is 47.6 Å². The van der Waals surface area contributed by atoms with Crippen LogP contribution in [0.2, 0.25) is 0 Å². The van der Waals surface area contributed by atoms with Gasteiger partial charge in [-0.2, -0.15) is 0 Å². The minimum atomic E-state index is -1.90. The van der Waals surface area contributed by atoms with Gasteiger partial charge in [-0.05, 0) is 6.58 Å². The molecule has 0 spiro atoms. The third-order valence-corrected chi connectivity index (χ3v) is 3.21. The summed E-state index contributed by atoms with van der Waals surface area (Å²) >= 11 is 0. The summed E-state index contributed by atoms with van der Waals surface area (Å²) in [5.41, 5.74) is -0.0703. The maximum atomic E-state index is 11.6. The van der Waals surface area contributed by atoms with Gasteiger partial charge in [0.15, 0.2) is 12.3 Å². The molecule has 0 rings (SSSR count). The highest BCUT2D eigenvalue weighted by Gasteiger charge is 2.18. The molecule has 7 heteroatoms. The third-order valence-electron chi connectivity index (χ3n) is 1.91. The van der Waals surface area contributed by atoms with Crippen LogP contribution in [0.5, 0.6) is 0 Å². The Morgan fingerprint density at radius 1 is 1.44 bits per heavy atom. The van der Waals surface area contributed by atoms with E-state index in [0.29, 0.717) is 11.0 Å². The summed E-state index contributed by atoms with van der Waals surface area (Å²) in [5.74, 6) is -0.795. The van der Waals surface area contributed by atoms with Crippen molar-refractivity contribution in [3.8, 4) is 0 Å². The average Bonchev–Trinajstić information content (AvgIpc) is 2.25. The normalized spacial score (nSPS) is 12.8. The van der Waals surface area contributed by atoms with Crippen molar-refractivity contribution >= 4 is 19.2 Å². The van der Waals surface area contributed by atoms with Crippen molar-refractivity contribution in [3.63, 3.8) is 0 Å². The first-order valence-electron chi connectivity index (χ1n) is 5.37. The second kappa shape index (κ2) is 7.48. The summed E-state index contributed by atoms with van der Waals surface area (Å²) in [6.07, 6.45) is 0.0872. The number of hydrogen-bond acceptors (Lipinski definition) is 4. The van der Waals surface area contributed by atoms with Gasteiger partial charge in [0.2, 0.25) is 0 Å². The molecule has 104 valence electrons. The van der Waals surface area contributed by atoms with Gasteiger partial charge in [-0.25, -0.2) is 4.79 Å². The summed E-state index contributed by atoms with van der Waals surface area (Å²) < 4.78 is 9.83. The predicted molar refractivity (Wildman–Crippen MR) is 68.7 cm³/mol. The van der Waals surface area contributed by atoms with Crippen molar-refractivity contribution in [3.05, 3.63) is 12.3 Å². The van der Waals surface area contributed by atoms with Gasteiger partial charge in [0, 0.05) is 0 Å². The van der Waals surface area contributed by atoms with Crippen LogP contribution in [-0.2, 0) is 14.3 Å². The quantitative estimate of drug-likeness (QED) is 0.226. The van der Waals surface area contributed by atoms with Crippen LogP contribution in [0.3, 0.4) is 0 Å². The van der Waals surface area contributed by atoms with E-state index in [4.69, 9.17) is 4.74 Å². The van der Waals surface area contributed by atoms with E-state index in [9.17, 15) is 14.8 Å². The van der Waals surface area contributed by atoms with Crippen molar-refractivity contribution in [1.82, 2.24) is 0 Å². The van der Waals surface area contributed by atoms with Gasteiger partial charge in [0.25, 0.3) is 5.48 Å². The molecule has 0 aliphatic heterocycles. The number of ether oxygens (including phenoxy) is 2. The Morgan fingerprint density at radius 2 is 2.00 bits per heavy atom. The number of carbonyl (C=O) groups excluding carboxylic acids is 1. The van der Waals surface area contributed by atoms with Gasteiger partial charge in [0.1, 0.15) is 12.8 Å². The lowest BCUT2D eigenvalue weighted by molar-refractivity contribution is -0.861. The van der Waals surface area contributed by atoms with E-state index in [2.05, 4.69) is 11.3 Å². The molecule has 0 aliphatic rings. The molecule has 0 aromatic carbocycles. The lowest BCUT2D eigenvalue weighted by Gasteiger charge is -2.22. The minimum absolute atomic E-state index is 0.0440. The summed E-state index contributed by atoms with van der Waals surface area (Å²) in [6, 6.07) is 0. The molecule has 0 amide bonds. The highest BCUT2D eigenvalue weighted by atomic mass is 31.1. The average molecular weight is 278 g/mol. The Bertz CT molecular complexity index is 346. The Kier molecular flexibility index (Phi) is 7.09. The molecule has 1 atom stereocenters. The number of nitrogens with zero attached hydrogens (tertiary/aromatic N) is 1. The van der Waals surface area contributed by atoms with E-state index in [1.54, 1.807) is 0 Å². The zero-order valence-electron chi connectivity index (χ0n) is 11.3. The third kappa shape index (κ3) is 7.40. The van der Waals surface area contributed by atoms with Crippen LogP contribution in [0.1, 0.15) is 0 Å². The molecular formula is C11H21NO5P+. The van der Waals surface area contributed by atoms with Gasteiger partial charge in [-0.3, -0.25) is 0 Å². The Hall–Kier alpha value is -0.940. The highest BCUT2D eigenvalue weighted by Crippen LogP contribution is 2.13. The summed E-state index contributed by atoms with van der Waals surface area (Å²) in [7, 11) is 5.04. The lowest BCUT2D eigenvalue weighted by atomic mass is 10.5. The smallest absolute Gasteiger partial charge is 0.373 e. The van der Waals surface area contributed by atoms with Crippen molar-refractivity contribution in [2.24, 2.45) is 0 Å². The molecule has 0 bridgehead atoms. The first-order valence-corrected chi connectivity index (χ1v) is 6.82. The van der Waals surface area contributed by atoms with Gasteiger partial charge in [-0.1, -0.05) is 0 Å². The molecule has 0 radical (unpaired) electrons. The second-order valence-corrected chi connectivity index (χ2v) is 6.45. The van der Waals surface area contributed by atoms with E-state index in [-0.39, 0.29) is 24.0 Å². The molecule has 0 saturated heterocycles. The van der Waals surface area contributed by atoms with Crippen LogP contribution in [0, 0.1) is 0 Å². The topological polar surface area (TPSA) is 78.8 Å². The van der Waals surface area contributed by atoms with Crippen molar-refractivity contribution in [1.29, 1.82) is 0 Å². The number of methoxy groups -OCH3 is 1. The fourth-order valence-electron chi connectivity index (χ4n) is 1.02. The Balaban J connectivity index is 4.18. The van der Waals surface area contributed by atoms with E-state index in [0.717, 1.165) is 0 Å². The number of carbonyl (C=O) groups is 1.